The molecule has 1 N–H and O–H groups in total. The number of aromatic amines is 1. The van der Waals surface area contributed by atoms with Gasteiger partial charge in [-0.05, 0) is 54.4 Å². The largest absolute Gasteiger partial charge is 0.497 e. The third-order valence-electron chi connectivity index (χ3n) is 6.92. The number of fused-ring (bicyclic) bond motifs is 2. The molecule has 0 saturated carbocycles. The number of hydrogen-bond acceptors (Lipinski definition) is 7. The monoisotopic (exact) mass is 544 g/mol. The van der Waals surface area contributed by atoms with E-state index in [1.807, 2.05) is 55.5 Å². The summed E-state index contributed by atoms with van der Waals surface area (Å²) in [4.78, 5) is 44.4. The molecule has 4 aromatic rings. The van der Waals surface area contributed by atoms with E-state index in [2.05, 4.69) is 4.98 Å². The molecular formula is C29H24N2O5S2. The molecule has 2 aliphatic rings. The SMILES string of the molecule is COc1ccc(N2C(=O)C3Sc4[nH]c(=O)sc4C(c4ccc(OCc5ccc(C)cc5)cc4)C3C2=O)cc1. The zero-order valence-corrected chi connectivity index (χ0v) is 22.3. The number of thiazole rings is 1. The van der Waals surface area contributed by atoms with Gasteiger partial charge in [0.15, 0.2) is 0 Å². The highest BCUT2D eigenvalue weighted by Crippen LogP contribution is 2.53. The average molecular weight is 545 g/mol. The maximum Gasteiger partial charge on any atom is 0.305 e. The number of benzene rings is 3. The van der Waals surface area contributed by atoms with Crippen LogP contribution in [-0.4, -0.2) is 29.2 Å². The van der Waals surface area contributed by atoms with Gasteiger partial charge in [-0.3, -0.25) is 14.4 Å². The van der Waals surface area contributed by atoms with Crippen LogP contribution < -0.4 is 19.2 Å². The number of anilines is 1. The van der Waals surface area contributed by atoms with Crippen molar-refractivity contribution in [1.82, 2.24) is 4.98 Å². The Morgan fingerprint density at radius 3 is 2.24 bits per heavy atom. The number of rotatable bonds is 6. The van der Waals surface area contributed by atoms with Gasteiger partial charge in [-0.1, -0.05) is 65.1 Å². The fourth-order valence-corrected chi connectivity index (χ4v) is 7.50. The first-order valence-corrected chi connectivity index (χ1v) is 13.8. The van der Waals surface area contributed by atoms with Crippen LogP contribution in [0.1, 0.15) is 27.5 Å². The number of carbonyl (C=O) groups is 2. The molecule has 1 saturated heterocycles. The predicted octanol–water partition coefficient (Wildman–Crippen LogP) is 5.13. The molecule has 0 radical (unpaired) electrons. The van der Waals surface area contributed by atoms with Crippen molar-refractivity contribution in [2.75, 3.05) is 12.0 Å². The lowest BCUT2D eigenvalue weighted by Crippen LogP contribution is -2.32. The smallest absolute Gasteiger partial charge is 0.305 e. The Hall–Kier alpha value is -3.82. The van der Waals surface area contributed by atoms with Gasteiger partial charge in [0.05, 0.1) is 23.7 Å². The van der Waals surface area contributed by atoms with Gasteiger partial charge in [0.25, 0.3) is 0 Å². The van der Waals surface area contributed by atoms with Gasteiger partial charge >= 0.3 is 4.87 Å². The standard InChI is InChI=1S/C29H24N2O5S2/c1-16-3-5-17(6-4-16)15-36-21-11-7-18(8-12-21)22-23-25(37-26-24(22)38-29(34)30-26)28(33)31(27(23)32)19-9-13-20(35-2)14-10-19/h3-14,22-23,25H,15H2,1-2H3,(H,30,34). The zero-order chi connectivity index (χ0) is 26.4. The average Bonchev–Trinajstić information content (AvgIpc) is 3.43. The minimum Gasteiger partial charge on any atom is -0.497 e. The first-order valence-electron chi connectivity index (χ1n) is 12.1. The molecule has 0 aliphatic carbocycles. The van der Waals surface area contributed by atoms with E-state index < -0.39 is 17.1 Å². The molecule has 3 unspecified atom stereocenters. The number of hydrogen-bond donors (Lipinski definition) is 1. The highest BCUT2D eigenvalue weighted by atomic mass is 32.2. The van der Waals surface area contributed by atoms with Crippen LogP contribution in [0.2, 0.25) is 0 Å². The molecule has 0 bridgehead atoms. The number of carbonyl (C=O) groups excluding carboxylic acids is 2. The highest BCUT2D eigenvalue weighted by Gasteiger charge is 2.56. The van der Waals surface area contributed by atoms with Crippen molar-refractivity contribution in [2.45, 2.75) is 29.7 Å². The van der Waals surface area contributed by atoms with Gasteiger partial charge in [-0.15, -0.1) is 0 Å². The molecule has 7 nitrogen and oxygen atoms in total. The predicted molar refractivity (Wildman–Crippen MR) is 147 cm³/mol. The molecular weight excluding hydrogens is 520 g/mol. The molecule has 2 aliphatic heterocycles. The molecule has 2 amide bonds. The van der Waals surface area contributed by atoms with Crippen molar-refractivity contribution < 1.29 is 19.1 Å². The maximum absolute atomic E-state index is 13.8. The van der Waals surface area contributed by atoms with Crippen LogP contribution in [0.4, 0.5) is 5.69 Å². The molecule has 192 valence electrons. The number of imide groups is 1. The molecule has 9 heteroatoms. The molecule has 3 heterocycles. The van der Waals surface area contributed by atoms with Crippen LogP contribution >= 0.6 is 23.1 Å². The Morgan fingerprint density at radius 2 is 1.55 bits per heavy atom. The Bertz CT molecular complexity index is 1560. The van der Waals surface area contributed by atoms with Crippen molar-refractivity contribution in [3.05, 3.63) is 104 Å². The second-order valence-corrected chi connectivity index (χ2v) is 11.5. The van der Waals surface area contributed by atoms with E-state index in [9.17, 15) is 14.4 Å². The third kappa shape index (κ3) is 4.31. The van der Waals surface area contributed by atoms with Crippen LogP contribution in [-0.2, 0) is 16.2 Å². The van der Waals surface area contributed by atoms with Gasteiger partial charge < -0.3 is 14.5 Å². The summed E-state index contributed by atoms with van der Waals surface area (Å²) in [5.41, 5.74) is 3.63. The summed E-state index contributed by atoms with van der Waals surface area (Å²) < 4.78 is 11.2. The van der Waals surface area contributed by atoms with Crippen molar-refractivity contribution >= 4 is 40.6 Å². The lowest BCUT2D eigenvalue weighted by Gasteiger charge is -2.29. The number of ether oxygens (including phenoxy) is 2. The lowest BCUT2D eigenvalue weighted by atomic mass is 9.83. The summed E-state index contributed by atoms with van der Waals surface area (Å²) in [6.07, 6.45) is 0. The number of amides is 2. The van der Waals surface area contributed by atoms with Crippen LogP contribution in [0.3, 0.4) is 0 Å². The lowest BCUT2D eigenvalue weighted by molar-refractivity contribution is -0.122. The van der Waals surface area contributed by atoms with E-state index in [0.29, 0.717) is 28.8 Å². The Morgan fingerprint density at radius 1 is 0.868 bits per heavy atom. The molecule has 1 fully saturated rings. The number of aryl methyl sites for hydroxylation is 1. The second-order valence-electron chi connectivity index (χ2n) is 9.30. The summed E-state index contributed by atoms with van der Waals surface area (Å²) in [5, 5.41) is 0.0218. The Labute approximate surface area is 227 Å². The molecule has 1 aromatic heterocycles. The number of nitrogens with zero attached hydrogens (tertiary/aromatic N) is 1. The Kier molecular flexibility index (Phi) is 6.33. The Balaban J connectivity index is 1.31. The van der Waals surface area contributed by atoms with E-state index in [1.54, 1.807) is 31.4 Å². The minimum absolute atomic E-state index is 0.197. The van der Waals surface area contributed by atoms with E-state index in [4.69, 9.17) is 9.47 Å². The van der Waals surface area contributed by atoms with Crippen molar-refractivity contribution in [3.8, 4) is 11.5 Å². The summed E-state index contributed by atoms with van der Waals surface area (Å²) in [6, 6.07) is 22.6. The normalized spacial score (nSPS) is 20.3. The van der Waals surface area contributed by atoms with Gasteiger partial charge in [0.1, 0.15) is 23.4 Å². The summed E-state index contributed by atoms with van der Waals surface area (Å²) in [7, 11) is 1.56. The van der Waals surface area contributed by atoms with Gasteiger partial charge in [-0.2, -0.15) is 0 Å². The van der Waals surface area contributed by atoms with Crippen molar-refractivity contribution in [2.24, 2.45) is 5.92 Å². The van der Waals surface area contributed by atoms with E-state index in [0.717, 1.165) is 27.3 Å². The third-order valence-corrected chi connectivity index (χ3v) is 9.32. The number of nitrogens with one attached hydrogen (secondary N) is 1. The first kappa shape index (κ1) is 24.5. The van der Waals surface area contributed by atoms with E-state index in [-0.39, 0.29) is 16.7 Å². The maximum atomic E-state index is 13.8. The van der Waals surface area contributed by atoms with Crippen molar-refractivity contribution in [3.63, 3.8) is 0 Å². The molecule has 38 heavy (non-hydrogen) atoms. The quantitative estimate of drug-likeness (QED) is 0.339. The molecule has 0 spiro atoms. The zero-order valence-electron chi connectivity index (χ0n) is 20.7. The van der Waals surface area contributed by atoms with Crippen LogP contribution in [0.5, 0.6) is 11.5 Å². The summed E-state index contributed by atoms with van der Waals surface area (Å²) in [6.45, 7) is 2.49. The first-order chi connectivity index (χ1) is 18.4. The van der Waals surface area contributed by atoms with E-state index >= 15 is 0 Å². The minimum atomic E-state index is -0.634. The van der Waals surface area contributed by atoms with Gasteiger partial charge in [-0.25, -0.2) is 4.90 Å². The second kappa shape index (κ2) is 9.81. The number of aromatic nitrogens is 1. The molecule has 6 rings (SSSR count). The topological polar surface area (TPSA) is 88.7 Å². The van der Waals surface area contributed by atoms with Gasteiger partial charge in [0, 0.05) is 10.8 Å². The molecule has 3 aromatic carbocycles. The number of H-pyrrole nitrogens is 1. The van der Waals surface area contributed by atoms with Crippen LogP contribution in [0, 0.1) is 12.8 Å². The summed E-state index contributed by atoms with van der Waals surface area (Å²) in [5.74, 6) is -0.266. The number of thioether (sulfide) groups is 1. The highest BCUT2D eigenvalue weighted by molar-refractivity contribution is 8.00. The fraction of sp³-hybridized carbons (Fsp3) is 0.207. The number of methoxy groups -OCH3 is 1. The fourth-order valence-electron chi connectivity index (χ4n) is 4.98. The van der Waals surface area contributed by atoms with Gasteiger partial charge in [0.2, 0.25) is 11.8 Å². The van der Waals surface area contributed by atoms with Crippen LogP contribution in [0.25, 0.3) is 0 Å². The molecule has 3 atom stereocenters. The van der Waals surface area contributed by atoms with Crippen molar-refractivity contribution in [1.29, 1.82) is 0 Å². The van der Waals surface area contributed by atoms with Crippen LogP contribution in [0.15, 0.2) is 82.6 Å². The summed E-state index contributed by atoms with van der Waals surface area (Å²) >= 11 is 2.37. The van der Waals surface area contributed by atoms with E-state index in [1.165, 1.54) is 22.2 Å².